The van der Waals surface area contributed by atoms with Gasteiger partial charge in [0.05, 0.1) is 13.1 Å². The number of hydrogen-bond acceptors (Lipinski definition) is 4. The van der Waals surface area contributed by atoms with Crippen molar-refractivity contribution in [1.82, 2.24) is 15.1 Å². The molecule has 8 nitrogen and oxygen atoms in total. The largest absolute Gasteiger partial charge is 0.480 e. The minimum atomic E-state index is -1.03. The Morgan fingerprint density at radius 2 is 2.05 bits per heavy atom. The SMILES string of the molecule is CNC(=O)C1CCCN1C(=O)N1CC(C)(OCC(=O)O)C1. The normalized spacial score (nSPS) is 23.6. The predicted molar refractivity (Wildman–Crippen MR) is 72.8 cm³/mol. The van der Waals surface area contributed by atoms with E-state index in [1.807, 2.05) is 0 Å². The summed E-state index contributed by atoms with van der Waals surface area (Å²) in [7, 11) is 1.56. The van der Waals surface area contributed by atoms with E-state index in [0.717, 1.165) is 6.42 Å². The molecule has 0 saturated carbocycles. The molecule has 0 bridgehead atoms. The first-order valence-corrected chi connectivity index (χ1v) is 6.99. The molecule has 0 radical (unpaired) electrons. The molecule has 2 rings (SSSR count). The van der Waals surface area contributed by atoms with Gasteiger partial charge in [-0.1, -0.05) is 0 Å². The highest BCUT2D eigenvalue weighted by atomic mass is 16.5. The second-order valence-electron chi connectivity index (χ2n) is 5.74. The summed E-state index contributed by atoms with van der Waals surface area (Å²) in [6.45, 7) is 2.66. The van der Waals surface area contributed by atoms with Gasteiger partial charge in [0, 0.05) is 13.6 Å². The van der Waals surface area contributed by atoms with Crippen LogP contribution in [0.3, 0.4) is 0 Å². The number of nitrogens with zero attached hydrogens (tertiary/aromatic N) is 2. The summed E-state index contributed by atoms with van der Waals surface area (Å²) in [4.78, 5) is 37.8. The topological polar surface area (TPSA) is 99.2 Å². The zero-order chi connectivity index (χ0) is 15.6. The number of amides is 3. The lowest BCUT2D eigenvalue weighted by molar-refractivity contribution is -0.160. The lowest BCUT2D eigenvalue weighted by atomic mass is 9.97. The maximum absolute atomic E-state index is 12.4. The van der Waals surface area contributed by atoms with Crippen molar-refractivity contribution in [3.63, 3.8) is 0 Å². The van der Waals surface area contributed by atoms with Crippen molar-refractivity contribution >= 4 is 17.9 Å². The quantitative estimate of drug-likeness (QED) is 0.728. The van der Waals surface area contributed by atoms with Crippen molar-refractivity contribution in [3.05, 3.63) is 0 Å². The molecule has 2 saturated heterocycles. The van der Waals surface area contributed by atoms with Crippen LogP contribution in [0.15, 0.2) is 0 Å². The Labute approximate surface area is 123 Å². The van der Waals surface area contributed by atoms with Crippen molar-refractivity contribution in [2.75, 3.05) is 33.3 Å². The van der Waals surface area contributed by atoms with E-state index in [0.29, 0.717) is 26.1 Å². The van der Waals surface area contributed by atoms with Gasteiger partial charge in [-0.05, 0) is 19.8 Å². The van der Waals surface area contributed by atoms with Crippen molar-refractivity contribution in [2.45, 2.75) is 31.4 Å². The molecular weight excluding hydrogens is 278 g/mol. The Morgan fingerprint density at radius 3 is 2.62 bits per heavy atom. The highest BCUT2D eigenvalue weighted by Crippen LogP contribution is 2.28. The number of rotatable bonds is 4. The number of ether oxygens (including phenoxy) is 1. The number of hydrogen-bond donors (Lipinski definition) is 2. The van der Waals surface area contributed by atoms with Gasteiger partial charge in [-0.2, -0.15) is 0 Å². The summed E-state index contributed by atoms with van der Waals surface area (Å²) in [5.41, 5.74) is -0.615. The van der Waals surface area contributed by atoms with Crippen LogP contribution >= 0.6 is 0 Å². The minimum Gasteiger partial charge on any atom is -0.480 e. The van der Waals surface area contributed by atoms with Gasteiger partial charge in [0.15, 0.2) is 0 Å². The van der Waals surface area contributed by atoms with Crippen molar-refractivity contribution in [3.8, 4) is 0 Å². The van der Waals surface area contributed by atoms with E-state index in [-0.39, 0.29) is 18.5 Å². The van der Waals surface area contributed by atoms with Crippen molar-refractivity contribution in [2.24, 2.45) is 0 Å². The van der Waals surface area contributed by atoms with Gasteiger partial charge in [0.1, 0.15) is 18.2 Å². The van der Waals surface area contributed by atoms with Gasteiger partial charge < -0.3 is 25.0 Å². The predicted octanol–water partition coefficient (Wildman–Crippen LogP) is -0.508. The molecule has 2 fully saturated rings. The number of carbonyl (C=O) groups excluding carboxylic acids is 2. The summed E-state index contributed by atoms with van der Waals surface area (Å²) in [5.74, 6) is -1.17. The summed E-state index contributed by atoms with van der Waals surface area (Å²) in [5, 5.41) is 11.2. The number of carboxylic acid groups (broad SMARTS) is 1. The van der Waals surface area contributed by atoms with E-state index in [1.165, 1.54) is 0 Å². The number of nitrogens with one attached hydrogen (secondary N) is 1. The second-order valence-corrected chi connectivity index (χ2v) is 5.74. The smallest absolute Gasteiger partial charge is 0.329 e. The van der Waals surface area contributed by atoms with Gasteiger partial charge >= 0.3 is 12.0 Å². The van der Waals surface area contributed by atoms with Crippen LogP contribution in [-0.2, 0) is 14.3 Å². The van der Waals surface area contributed by atoms with Crippen molar-refractivity contribution in [1.29, 1.82) is 0 Å². The molecule has 2 N–H and O–H groups in total. The third-order valence-corrected chi connectivity index (χ3v) is 3.91. The van der Waals surface area contributed by atoms with E-state index in [4.69, 9.17) is 9.84 Å². The van der Waals surface area contributed by atoms with E-state index in [1.54, 1.807) is 23.8 Å². The molecular formula is C13H21N3O5. The molecule has 21 heavy (non-hydrogen) atoms. The molecule has 2 aliphatic rings. The highest BCUT2D eigenvalue weighted by molar-refractivity contribution is 5.87. The van der Waals surface area contributed by atoms with E-state index in [2.05, 4.69) is 5.32 Å². The molecule has 0 aromatic heterocycles. The first-order chi connectivity index (χ1) is 9.86. The number of likely N-dealkylation sites (N-methyl/N-ethyl adjacent to an activating group) is 1. The van der Waals surface area contributed by atoms with Gasteiger partial charge in [-0.3, -0.25) is 4.79 Å². The van der Waals surface area contributed by atoms with Crippen LogP contribution < -0.4 is 5.32 Å². The first-order valence-electron chi connectivity index (χ1n) is 6.99. The maximum Gasteiger partial charge on any atom is 0.329 e. The van der Waals surface area contributed by atoms with Crippen LogP contribution in [0, 0.1) is 0 Å². The van der Waals surface area contributed by atoms with Crippen LogP contribution in [0.5, 0.6) is 0 Å². The van der Waals surface area contributed by atoms with Crippen LogP contribution in [0.1, 0.15) is 19.8 Å². The van der Waals surface area contributed by atoms with Gasteiger partial charge in [-0.15, -0.1) is 0 Å². The fraction of sp³-hybridized carbons (Fsp3) is 0.769. The van der Waals surface area contributed by atoms with Crippen LogP contribution in [0.4, 0.5) is 4.79 Å². The molecule has 0 aromatic rings. The number of likely N-dealkylation sites (tertiary alicyclic amines) is 2. The molecule has 3 amide bonds. The van der Waals surface area contributed by atoms with E-state index < -0.39 is 17.6 Å². The molecule has 2 heterocycles. The molecule has 2 aliphatic heterocycles. The Balaban J connectivity index is 1.88. The van der Waals surface area contributed by atoms with E-state index in [9.17, 15) is 14.4 Å². The lowest BCUT2D eigenvalue weighted by Gasteiger charge is -2.48. The van der Waals surface area contributed by atoms with Gasteiger partial charge in [0.25, 0.3) is 0 Å². The molecule has 1 unspecified atom stereocenters. The number of aliphatic carboxylic acids is 1. The molecule has 1 atom stereocenters. The monoisotopic (exact) mass is 299 g/mol. The fourth-order valence-electron chi connectivity index (χ4n) is 2.84. The third-order valence-electron chi connectivity index (χ3n) is 3.91. The lowest BCUT2D eigenvalue weighted by Crippen LogP contribution is -2.66. The van der Waals surface area contributed by atoms with Gasteiger partial charge in [-0.25, -0.2) is 9.59 Å². The Hall–Kier alpha value is -1.83. The maximum atomic E-state index is 12.4. The molecule has 0 aliphatic carbocycles. The number of urea groups is 1. The summed E-state index contributed by atoms with van der Waals surface area (Å²) < 4.78 is 5.27. The second kappa shape index (κ2) is 5.88. The Bertz CT molecular complexity index is 447. The van der Waals surface area contributed by atoms with E-state index >= 15 is 0 Å². The average Bonchev–Trinajstić information content (AvgIpc) is 2.89. The Kier molecular flexibility index (Phi) is 4.36. The standard InChI is InChI=1S/C13H21N3O5/c1-13(21-6-10(17)18)7-15(8-13)12(20)16-5-3-4-9(16)11(19)14-2/h9H,3-8H2,1-2H3,(H,14,19)(H,17,18). The zero-order valence-electron chi connectivity index (χ0n) is 12.3. The molecule has 8 heteroatoms. The van der Waals surface area contributed by atoms with Gasteiger partial charge in [0.2, 0.25) is 5.91 Å². The fourth-order valence-corrected chi connectivity index (χ4v) is 2.84. The van der Waals surface area contributed by atoms with Crippen LogP contribution in [0.25, 0.3) is 0 Å². The number of carbonyl (C=O) groups is 3. The Morgan fingerprint density at radius 1 is 1.38 bits per heavy atom. The van der Waals surface area contributed by atoms with Crippen LogP contribution in [-0.4, -0.2) is 77.7 Å². The average molecular weight is 299 g/mol. The summed E-state index contributed by atoms with van der Waals surface area (Å²) in [6, 6.07) is -0.591. The number of carboxylic acids is 1. The molecule has 0 aromatic carbocycles. The summed E-state index contributed by atoms with van der Waals surface area (Å²) in [6.07, 6.45) is 1.48. The summed E-state index contributed by atoms with van der Waals surface area (Å²) >= 11 is 0. The molecule has 0 spiro atoms. The van der Waals surface area contributed by atoms with Crippen LogP contribution in [0.2, 0.25) is 0 Å². The zero-order valence-corrected chi connectivity index (χ0v) is 12.3. The third kappa shape index (κ3) is 3.26. The van der Waals surface area contributed by atoms with Crippen molar-refractivity contribution < 1.29 is 24.2 Å². The minimum absolute atomic E-state index is 0.147. The molecule has 118 valence electrons. The highest BCUT2D eigenvalue weighted by Gasteiger charge is 2.46. The first kappa shape index (κ1) is 15.6.